The molecule has 128 valence electrons. The van der Waals surface area contributed by atoms with Crippen LogP contribution < -0.4 is 10.5 Å². The highest BCUT2D eigenvalue weighted by molar-refractivity contribution is 5.70. The third-order valence-corrected chi connectivity index (χ3v) is 4.24. The van der Waals surface area contributed by atoms with Gasteiger partial charge in [0.25, 0.3) is 0 Å². The van der Waals surface area contributed by atoms with Crippen molar-refractivity contribution in [2.45, 2.75) is 5.92 Å². The maximum absolute atomic E-state index is 9.90. The van der Waals surface area contributed by atoms with E-state index in [2.05, 4.69) is 21.3 Å². The fraction of sp³-hybridized carbons (Fsp3) is 0.0556. The molecule has 0 radical (unpaired) electrons. The van der Waals surface area contributed by atoms with Gasteiger partial charge in [0.1, 0.15) is 11.6 Å². The predicted octanol–water partition coefficient (Wildman–Crippen LogP) is 2.10. The summed E-state index contributed by atoms with van der Waals surface area (Å²) in [4.78, 5) is 4.00. The summed E-state index contributed by atoms with van der Waals surface area (Å²) in [6.45, 7) is 0. The van der Waals surface area contributed by atoms with Gasteiger partial charge in [0.05, 0.1) is 17.2 Å². The lowest BCUT2D eigenvalue weighted by Crippen LogP contribution is -2.20. The van der Waals surface area contributed by atoms with E-state index in [0.717, 1.165) is 5.56 Å². The Hall–Kier alpha value is -3.99. The minimum atomic E-state index is -0.614. The Labute approximate surface area is 147 Å². The van der Waals surface area contributed by atoms with Gasteiger partial charge in [0.2, 0.25) is 11.8 Å². The van der Waals surface area contributed by atoms with Gasteiger partial charge in [-0.2, -0.15) is 5.26 Å². The molecule has 0 aliphatic carbocycles. The number of ether oxygens (including phenoxy) is 1. The second-order valence-electron chi connectivity index (χ2n) is 5.73. The smallest absolute Gasteiger partial charge is 0.244 e. The van der Waals surface area contributed by atoms with Crippen molar-refractivity contribution < 1.29 is 14.9 Å². The van der Waals surface area contributed by atoms with Crippen LogP contribution in [0.3, 0.4) is 0 Å². The number of phenolic OH excluding ortho intramolecular Hbond substituents is 2. The number of aromatic amines is 1. The van der Waals surface area contributed by atoms with Crippen molar-refractivity contribution in [3.05, 3.63) is 65.3 Å². The molecule has 26 heavy (non-hydrogen) atoms. The zero-order valence-corrected chi connectivity index (χ0v) is 13.3. The van der Waals surface area contributed by atoms with E-state index in [1.807, 2.05) is 0 Å². The van der Waals surface area contributed by atoms with E-state index in [9.17, 15) is 15.5 Å². The van der Waals surface area contributed by atoms with Crippen LogP contribution in [0, 0.1) is 11.3 Å². The first-order valence-corrected chi connectivity index (χ1v) is 7.68. The maximum atomic E-state index is 9.90. The van der Waals surface area contributed by atoms with Gasteiger partial charge < -0.3 is 20.7 Å². The molecule has 3 heterocycles. The standard InChI is InChI=1S/C18H13N5O3/c19-8-11-14(10-1-2-12(24)13(25)7-10)15-16(9-3-5-21-6-4-9)22-23-18(15)26-17(11)20/h1-7,14,24-25H,20H2,(H,22,23). The number of aromatic hydroxyl groups is 2. The number of rotatable bonds is 2. The van der Waals surface area contributed by atoms with Crippen LogP contribution in [-0.2, 0) is 0 Å². The summed E-state index contributed by atoms with van der Waals surface area (Å²) in [7, 11) is 0. The Morgan fingerprint density at radius 1 is 1.15 bits per heavy atom. The second kappa shape index (κ2) is 5.82. The average Bonchev–Trinajstić information content (AvgIpc) is 3.07. The fourth-order valence-electron chi connectivity index (χ4n) is 3.04. The first kappa shape index (κ1) is 15.5. The summed E-state index contributed by atoms with van der Waals surface area (Å²) in [6, 6.07) is 10.0. The van der Waals surface area contributed by atoms with Crippen molar-refractivity contribution in [1.82, 2.24) is 15.2 Å². The third-order valence-electron chi connectivity index (χ3n) is 4.24. The van der Waals surface area contributed by atoms with Crippen molar-refractivity contribution >= 4 is 0 Å². The highest BCUT2D eigenvalue weighted by atomic mass is 16.5. The van der Waals surface area contributed by atoms with E-state index in [4.69, 9.17) is 10.5 Å². The van der Waals surface area contributed by atoms with Crippen LogP contribution in [0.4, 0.5) is 0 Å². The number of pyridine rings is 1. The number of hydrogen-bond donors (Lipinski definition) is 4. The molecule has 1 unspecified atom stereocenters. The van der Waals surface area contributed by atoms with Crippen LogP contribution in [0.2, 0.25) is 0 Å². The predicted molar refractivity (Wildman–Crippen MR) is 90.9 cm³/mol. The van der Waals surface area contributed by atoms with E-state index in [-0.39, 0.29) is 28.8 Å². The molecular formula is C18H13N5O3. The first-order chi connectivity index (χ1) is 12.6. The minimum Gasteiger partial charge on any atom is -0.504 e. The second-order valence-corrected chi connectivity index (χ2v) is 5.73. The molecule has 0 amide bonds. The van der Waals surface area contributed by atoms with Crippen LogP contribution in [-0.4, -0.2) is 25.4 Å². The Balaban J connectivity index is 1.97. The lowest BCUT2D eigenvalue weighted by atomic mass is 9.83. The zero-order chi connectivity index (χ0) is 18.3. The molecule has 1 aromatic carbocycles. The summed E-state index contributed by atoms with van der Waals surface area (Å²) in [5, 5.41) is 36.2. The maximum Gasteiger partial charge on any atom is 0.244 e. The van der Waals surface area contributed by atoms with E-state index >= 15 is 0 Å². The molecule has 4 rings (SSSR count). The van der Waals surface area contributed by atoms with Crippen LogP contribution in [0.15, 0.2) is 54.2 Å². The third kappa shape index (κ3) is 2.31. The molecule has 1 aliphatic heterocycles. The quantitative estimate of drug-likeness (QED) is 0.520. The van der Waals surface area contributed by atoms with Gasteiger partial charge in [-0.1, -0.05) is 6.07 Å². The molecule has 8 heteroatoms. The van der Waals surface area contributed by atoms with Gasteiger partial charge in [-0.3, -0.25) is 10.1 Å². The molecular weight excluding hydrogens is 334 g/mol. The van der Waals surface area contributed by atoms with Gasteiger partial charge in [-0.15, -0.1) is 5.10 Å². The lowest BCUT2D eigenvalue weighted by molar-refractivity contribution is 0.378. The topological polar surface area (TPSA) is 141 Å². The van der Waals surface area contributed by atoms with Gasteiger partial charge >= 0.3 is 0 Å². The lowest BCUT2D eigenvalue weighted by Gasteiger charge is -2.24. The van der Waals surface area contributed by atoms with Crippen LogP contribution in [0.5, 0.6) is 17.4 Å². The number of benzene rings is 1. The number of hydrogen-bond acceptors (Lipinski definition) is 7. The number of nitrogens with one attached hydrogen (secondary N) is 1. The Morgan fingerprint density at radius 3 is 2.62 bits per heavy atom. The summed E-state index contributed by atoms with van der Waals surface area (Å²) < 4.78 is 5.51. The molecule has 1 atom stereocenters. The summed E-state index contributed by atoms with van der Waals surface area (Å²) in [5.74, 6) is -0.952. The molecule has 1 aliphatic rings. The number of nitriles is 1. The molecule has 8 nitrogen and oxygen atoms in total. The van der Waals surface area contributed by atoms with Crippen LogP contribution >= 0.6 is 0 Å². The van der Waals surface area contributed by atoms with Crippen molar-refractivity contribution in [2.75, 3.05) is 0 Å². The number of nitrogens with two attached hydrogens (primary N) is 1. The number of phenols is 2. The van der Waals surface area contributed by atoms with E-state index in [1.54, 1.807) is 30.6 Å². The zero-order valence-electron chi connectivity index (χ0n) is 13.3. The monoisotopic (exact) mass is 347 g/mol. The highest BCUT2D eigenvalue weighted by Crippen LogP contribution is 2.46. The molecule has 5 N–H and O–H groups in total. The van der Waals surface area contributed by atoms with E-state index in [1.165, 1.54) is 12.1 Å². The van der Waals surface area contributed by atoms with E-state index < -0.39 is 5.92 Å². The summed E-state index contributed by atoms with van der Waals surface area (Å²) in [6.07, 6.45) is 3.28. The molecule has 0 saturated heterocycles. The number of nitrogens with zero attached hydrogens (tertiary/aromatic N) is 3. The molecule has 0 spiro atoms. The van der Waals surface area contributed by atoms with Gasteiger partial charge in [-0.05, 0) is 29.8 Å². The first-order valence-electron chi connectivity index (χ1n) is 7.68. The van der Waals surface area contributed by atoms with Gasteiger partial charge in [-0.25, -0.2) is 0 Å². The summed E-state index contributed by atoms with van der Waals surface area (Å²) >= 11 is 0. The van der Waals surface area contributed by atoms with Crippen LogP contribution in [0.25, 0.3) is 11.3 Å². The molecule has 2 aromatic heterocycles. The van der Waals surface area contributed by atoms with Gasteiger partial charge in [0, 0.05) is 18.0 Å². The van der Waals surface area contributed by atoms with Crippen molar-refractivity contribution in [3.8, 4) is 34.7 Å². The average molecular weight is 347 g/mol. The minimum absolute atomic E-state index is 0.0506. The van der Waals surface area contributed by atoms with Crippen LogP contribution in [0.1, 0.15) is 17.0 Å². The molecule has 3 aromatic rings. The molecule has 0 bridgehead atoms. The Kier molecular flexibility index (Phi) is 3.48. The van der Waals surface area contributed by atoms with E-state index in [0.29, 0.717) is 16.8 Å². The van der Waals surface area contributed by atoms with Gasteiger partial charge in [0.15, 0.2) is 11.5 Å². The SMILES string of the molecule is N#CC1=C(N)Oc2n[nH]c(-c3ccncc3)c2C1c1ccc(O)c(O)c1. The Morgan fingerprint density at radius 2 is 1.92 bits per heavy atom. The Bertz CT molecular complexity index is 1070. The van der Waals surface area contributed by atoms with Crippen molar-refractivity contribution in [2.24, 2.45) is 5.73 Å². The van der Waals surface area contributed by atoms with Crippen molar-refractivity contribution in [3.63, 3.8) is 0 Å². The molecule has 0 saturated carbocycles. The summed E-state index contributed by atoms with van der Waals surface area (Å²) in [5.41, 5.74) is 8.75. The number of H-pyrrole nitrogens is 1. The van der Waals surface area contributed by atoms with Crippen molar-refractivity contribution in [1.29, 1.82) is 5.26 Å². The largest absolute Gasteiger partial charge is 0.504 e. The molecule has 0 fully saturated rings. The number of fused-ring (bicyclic) bond motifs is 1. The number of aromatic nitrogens is 3. The number of allylic oxidation sites excluding steroid dienone is 1. The normalized spacial score (nSPS) is 15.9. The fourth-order valence-corrected chi connectivity index (χ4v) is 3.04. The highest BCUT2D eigenvalue weighted by Gasteiger charge is 2.35.